The van der Waals surface area contributed by atoms with Crippen LogP contribution in [0.25, 0.3) is 0 Å². The summed E-state index contributed by atoms with van der Waals surface area (Å²) in [6.07, 6.45) is -0.958. The Balaban J connectivity index is 2.73. The summed E-state index contributed by atoms with van der Waals surface area (Å²) in [7, 11) is 0. The van der Waals surface area contributed by atoms with E-state index in [4.69, 9.17) is 4.74 Å². The van der Waals surface area contributed by atoms with Gasteiger partial charge in [0.15, 0.2) is 6.10 Å². The molecule has 1 unspecified atom stereocenters. The lowest BCUT2D eigenvalue weighted by Gasteiger charge is -2.12. The number of likely N-dealkylation sites (N-methyl/N-ethyl adjacent to an activating group) is 1. The largest absolute Gasteiger partial charge is 0.449 e. The van der Waals surface area contributed by atoms with Gasteiger partial charge in [-0.15, -0.1) is 0 Å². The van der Waals surface area contributed by atoms with Crippen LogP contribution in [0.2, 0.25) is 0 Å². The van der Waals surface area contributed by atoms with E-state index in [1.807, 2.05) is 0 Å². The van der Waals surface area contributed by atoms with Crippen LogP contribution < -0.4 is 5.32 Å². The van der Waals surface area contributed by atoms with E-state index in [-0.39, 0.29) is 5.56 Å². The van der Waals surface area contributed by atoms with Crippen molar-refractivity contribution in [3.05, 3.63) is 34.1 Å². The molecule has 1 N–H and O–H groups in total. The molecule has 4 nitrogen and oxygen atoms in total. The van der Waals surface area contributed by atoms with Gasteiger partial charge in [0.25, 0.3) is 5.91 Å². The van der Waals surface area contributed by atoms with Gasteiger partial charge in [0.05, 0.1) is 5.56 Å². The number of rotatable bonds is 4. The van der Waals surface area contributed by atoms with Crippen LogP contribution in [0.3, 0.4) is 0 Å². The van der Waals surface area contributed by atoms with Crippen molar-refractivity contribution in [1.29, 1.82) is 0 Å². The number of halogens is 2. The second kappa shape index (κ2) is 6.49. The molecule has 0 spiro atoms. The number of ether oxygens (including phenoxy) is 1. The van der Waals surface area contributed by atoms with E-state index in [0.29, 0.717) is 11.0 Å². The zero-order valence-corrected chi connectivity index (χ0v) is 11.6. The number of nitrogens with one attached hydrogen (secondary N) is 1. The Hall–Kier alpha value is -1.43. The maximum absolute atomic E-state index is 13.5. The standard InChI is InChI=1S/C12H13BrFNO3/c1-3-15-11(16)7(2)18-12(17)9-5-4-8(13)6-10(9)14/h4-7H,3H2,1-2H3,(H,15,16). The molecule has 0 aliphatic rings. The van der Waals surface area contributed by atoms with Gasteiger partial charge < -0.3 is 10.1 Å². The molecule has 0 aliphatic heterocycles. The zero-order valence-electron chi connectivity index (χ0n) is 10.00. The Bertz CT molecular complexity index is 465. The van der Waals surface area contributed by atoms with Crippen molar-refractivity contribution >= 4 is 27.8 Å². The van der Waals surface area contributed by atoms with Gasteiger partial charge in [0, 0.05) is 11.0 Å². The van der Waals surface area contributed by atoms with Crippen molar-refractivity contribution in [1.82, 2.24) is 5.32 Å². The van der Waals surface area contributed by atoms with Crippen molar-refractivity contribution in [2.75, 3.05) is 6.54 Å². The van der Waals surface area contributed by atoms with E-state index in [1.165, 1.54) is 19.1 Å². The van der Waals surface area contributed by atoms with Crippen LogP contribution in [-0.2, 0) is 9.53 Å². The van der Waals surface area contributed by atoms with E-state index in [9.17, 15) is 14.0 Å². The number of esters is 1. The number of carbonyl (C=O) groups excluding carboxylic acids is 2. The maximum Gasteiger partial charge on any atom is 0.341 e. The fraction of sp³-hybridized carbons (Fsp3) is 0.333. The quantitative estimate of drug-likeness (QED) is 0.867. The summed E-state index contributed by atoms with van der Waals surface area (Å²) in [5.74, 6) is -1.97. The summed E-state index contributed by atoms with van der Waals surface area (Å²) in [4.78, 5) is 23.0. The first-order chi connectivity index (χ1) is 8.45. The van der Waals surface area contributed by atoms with Crippen LogP contribution in [0.4, 0.5) is 4.39 Å². The fourth-order valence-corrected chi connectivity index (χ4v) is 1.58. The van der Waals surface area contributed by atoms with Crippen LogP contribution in [0.1, 0.15) is 24.2 Å². The van der Waals surface area contributed by atoms with Crippen molar-refractivity contribution in [3.63, 3.8) is 0 Å². The molecule has 0 bridgehead atoms. The molecule has 6 heteroatoms. The smallest absolute Gasteiger partial charge is 0.341 e. The fourth-order valence-electron chi connectivity index (χ4n) is 1.25. The van der Waals surface area contributed by atoms with Crippen LogP contribution in [0, 0.1) is 5.82 Å². The average molecular weight is 318 g/mol. The Labute approximate surface area is 113 Å². The van der Waals surface area contributed by atoms with Gasteiger partial charge in [-0.3, -0.25) is 4.79 Å². The van der Waals surface area contributed by atoms with Crippen molar-refractivity contribution in [2.24, 2.45) is 0 Å². The molecule has 1 aromatic carbocycles. The molecule has 18 heavy (non-hydrogen) atoms. The molecule has 0 radical (unpaired) electrons. The first-order valence-corrected chi connectivity index (χ1v) is 6.18. The Morgan fingerprint density at radius 2 is 2.17 bits per heavy atom. The average Bonchev–Trinajstić information content (AvgIpc) is 2.28. The topological polar surface area (TPSA) is 55.4 Å². The molecule has 1 aromatic rings. The highest BCUT2D eigenvalue weighted by molar-refractivity contribution is 9.10. The van der Waals surface area contributed by atoms with Gasteiger partial charge in [0.2, 0.25) is 0 Å². The number of amides is 1. The third-order valence-corrected chi connectivity index (χ3v) is 2.65. The van der Waals surface area contributed by atoms with E-state index in [1.54, 1.807) is 6.92 Å². The van der Waals surface area contributed by atoms with Gasteiger partial charge in [-0.05, 0) is 32.0 Å². The predicted octanol–water partition coefficient (Wildman–Crippen LogP) is 2.27. The van der Waals surface area contributed by atoms with Crippen LogP contribution >= 0.6 is 15.9 Å². The minimum atomic E-state index is -0.958. The Morgan fingerprint density at radius 3 is 2.72 bits per heavy atom. The lowest BCUT2D eigenvalue weighted by Crippen LogP contribution is -2.35. The molecular weight excluding hydrogens is 305 g/mol. The lowest BCUT2D eigenvalue weighted by molar-refractivity contribution is -0.128. The van der Waals surface area contributed by atoms with E-state index in [2.05, 4.69) is 21.2 Å². The van der Waals surface area contributed by atoms with Crippen LogP contribution in [-0.4, -0.2) is 24.5 Å². The maximum atomic E-state index is 13.5. The van der Waals surface area contributed by atoms with Gasteiger partial charge >= 0.3 is 5.97 Å². The third-order valence-electron chi connectivity index (χ3n) is 2.16. The molecule has 1 atom stereocenters. The molecule has 0 saturated heterocycles. The molecule has 0 saturated carbocycles. The molecule has 0 fully saturated rings. The molecule has 0 heterocycles. The highest BCUT2D eigenvalue weighted by Crippen LogP contribution is 2.16. The van der Waals surface area contributed by atoms with Crippen molar-refractivity contribution in [3.8, 4) is 0 Å². The first kappa shape index (κ1) is 14.6. The summed E-state index contributed by atoms with van der Waals surface area (Å²) in [6, 6.07) is 3.98. The van der Waals surface area contributed by atoms with E-state index in [0.717, 1.165) is 6.07 Å². The van der Waals surface area contributed by atoms with Crippen molar-refractivity contribution in [2.45, 2.75) is 20.0 Å². The van der Waals surface area contributed by atoms with Crippen molar-refractivity contribution < 1.29 is 18.7 Å². The number of hydrogen-bond donors (Lipinski definition) is 1. The molecule has 98 valence electrons. The monoisotopic (exact) mass is 317 g/mol. The summed E-state index contributed by atoms with van der Waals surface area (Å²) in [5, 5.41) is 2.51. The normalized spacial score (nSPS) is 11.8. The van der Waals surface area contributed by atoms with Crippen LogP contribution in [0.5, 0.6) is 0 Å². The number of benzene rings is 1. The van der Waals surface area contributed by atoms with Crippen LogP contribution in [0.15, 0.2) is 22.7 Å². The summed E-state index contributed by atoms with van der Waals surface area (Å²) in [5.41, 5.74) is -0.200. The lowest BCUT2D eigenvalue weighted by atomic mass is 10.2. The minimum Gasteiger partial charge on any atom is -0.449 e. The molecule has 1 amide bonds. The van der Waals surface area contributed by atoms with E-state index >= 15 is 0 Å². The second-order valence-electron chi connectivity index (χ2n) is 3.57. The molecule has 0 aliphatic carbocycles. The molecular formula is C12H13BrFNO3. The van der Waals surface area contributed by atoms with E-state index < -0.39 is 23.8 Å². The second-order valence-corrected chi connectivity index (χ2v) is 4.48. The zero-order chi connectivity index (χ0) is 13.7. The Morgan fingerprint density at radius 1 is 1.50 bits per heavy atom. The SMILES string of the molecule is CCNC(=O)C(C)OC(=O)c1ccc(Br)cc1F. The third kappa shape index (κ3) is 3.80. The number of hydrogen-bond acceptors (Lipinski definition) is 3. The highest BCUT2D eigenvalue weighted by atomic mass is 79.9. The van der Waals surface area contributed by atoms with Gasteiger partial charge in [0.1, 0.15) is 5.82 Å². The summed E-state index contributed by atoms with van der Waals surface area (Å²) < 4.78 is 18.9. The predicted molar refractivity (Wildman–Crippen MR) is 67.7 cm³/mol. The number of carbonyl (C=O) groups is 2. The highest BCUT2D eigenvalue weighted by Gasteiger charge is 2.20. The van der Waals surface area contributed by atoms with Gasteiger partial charge in [-0.2, -0.15) is 0 Å². The molecule has 1 rings (SSSR count). The van der Waals surface area contributed by atoms with Gasteiger partial charge in [-0.25, -0.2) is 9.18 Å². The van der Waals surface area contributed by atoms with Gasteiger partial charge in [-0.1, -0.05) is 15.9 Å². The summed E-state index contributed by atoms with van der Waals surface area (Å²) in [6.45, 7) is 3.62. The Kier molecular flexibility index (Phi) is 5.27. The first-order valence-electron chi connectivity index (χ1n) is 5.39. The minimum absolute atomic E-state index is 0.200. The molecule has 0 aromatic heterocycles. The summed E-state index contributed by atoms with van der Waals surface area (Å²) >= 11 is 3.08.